The largest absolute Gasteiger partial charge is 0.456 e. The lowest BCUT2D eigenvalue weighted by molar-refractivity contribution is 0.622. The van der Waals surface area contributed by atoms with Gasteiger partial charge in [0, 0.05) is 47.8 Å². The number of hydrogen-bond donors (Lipinski definition) is 0. The minimum atomic E-state index is 0.577. The fraction of sp³-hybridized carbons (Fsp3) is 0. The Bertz CT molecular complexity index is 3150. The highest BCUT2D eigenvalue weighted by molar-refractivity contribution is 7.25. The van der Waals surface area contributed by atoms with Crippen LogP contribution in [0.2, 0.25) is 0 Å². The predicted molar refractivity (Wildman–Crippen MR) is 207 cm³/mol. The quantitative estimate of drug-likeness (QED) is 0.185. The van der Waals surface area contributed by atoms with Crippen molar-refractivity contribution in [2.45, 2.75) is 0 Å². The summed E-state index contributed by atoms with van der Waals surface area (Å²) in [4.78, 5) is 20.2. The summed E-state index contributed by atoms with van der Waals surface area (Å²) in [5.41, 5.74) is 6.71. The Morgan fingerprint density at radius 2 is 1.12 bits per heavy atom. The molecule has 0 N–H and O–H groups in total. The van der Waals surface area contributed by atoms with Crippen LogP contribution in [-0.4, -0.2) is 19.9 Å². The van der Waals surface area contributed by atoms with Crippen LogP contribution < -0.4 is 0 Å². The minimum Gasteiger partial charge on any atom is -0.456 e. The average molecular weight is 673 g/mol. The molecule has 7 heteroatoms. The molecule has 4 heterocycles. The van der Waals surface area contributed by atoms with Crippen LogP contribution in [-0.2, 0) is 0 Å². The van der Waals surface area contributed by atoms with Crippen molar-refractivity contribution < 1.29 is 8.83 Å². The Morgan fingerprint density at radius 3 is 1.98 bits per heavy atom. The van der Waals surface area contributed by atoms with Crippen LogP contribution in [0.5, 0.6) is 0 Å². The number of thiophene rings is 1. The summed E-state index contributed by atoms with van der Waals surface area (Å²) >= 11 is 1.78. The highest BCUT2D eigenvalue weighted by atomic mass is 32.1. The molecule has 0 saturated heterocycles. The van der Waals surface area contributed by atoms with Gasteiger partial charge in [-0.15, -0.1) is 11.3 Å². The van der Waals surface area contributed by atoms with Gasteiger partial charge in [0.05, 0.1) is 5.39 Å². The molecule has 0 aliphatic heterocycles. The first-order valence-electron chi connectivity index (χ1n) is 16.7. The molecule has 0 atom stereocenters. The van der Waals surface area contributed by atoms with Gasteiger partial charge in [-0.3, -0.25) is 0 Å². The molecule has 0 radical (unpaired) electrons. The molecule has 0 aliphatic carbocycles. The maximum atomic E-state index is 6.48. The van der Waals surface area contributed by atoms with Crippen molar-refractivity contribution in [2.75, 3.05) is 0 Å². The summed E-state index contributed by atoms with van der Waals surface area (Å²) in [5, 5.41) is 6.31. The second kappa shape index (κ2) is 10.9. The third-order valence-electron chi connectivity index (χ3n) is 9.56. The molecule has 11 rings (SSSR count). The molecule has 0 fully saturated rings. The van der Waals surface area contributed by atoms with Crippen LogP contribution in [0, 0.1) is 0 Å². The van der Waals surface area contributed by atoms with Gasteiger partial charge in [-0.05, 0) is 59.3 Å². The SMILES string of the molecule is c1ccc(-c2nc(-c3ccc4ccc5oc6ccc7nc(-c8ccccc8)oc7c6c5c4c3)nc(-c3cccc4sc5ccccc5c34)n2)cc1. The molecular formula is C44H24N4O2S. The molecule has 0 spiro atoms. The van der Waals surface area contributed by atoms with E-state index in [-0.39, 0.29) is 0 Å². The van der Waals surface area contributed by atoms with Crippen molar-refractivity contribution in [3.63, 3.8) is 0 Å². The van der Waals surface area contributed by atoms with Gasteiger partial charge < -0.3 is 8.83 Å². The van der Waals surface area contributed by atoms with Gasteiger partial charge in [0.25, 0.3) is 0 Å². The van der Waals surface area contributed by atoms with E-state index >= 15 is 0 Å². The minimum absolute atomic E-state index is 0.577. The third kappa shape index (κ3) is 4.42. The zero-order valence-electron chi connectivity index (χ0n) is 26.9. The summed E-state index contributed by atoms with van der Waals surface area (Å²) in [6.07, 6.45) is 0. The molecular weight excluding hydrogens is 649 g/mol. The van der Waals surface area contributed by atoms with Crippen LogP contribution in [0.3, 0.4) is 0 Å². The molecule has 0 bridgehead atoms. The number of oxazole rings is 1. The third-order valence-corrected chi connectivity index (χ3v) is 10.7. The van der Waals surface area contributed by atoms with Gasteiger partial charge in [0.2, 0.25) is 5.89 Å². The van der Waals surface area contributed by atoms with Crippen molar-refractivity contribution in [3.05, 3.63) is 146 Å². The van der Waals surface area contributed by atoms with E-state index in [1.165, 1.54) is 14.8 Å². The number of benzene rings is 7. The molecule has 238 valence electrons. The average Bonchev–Trinajstić information content (AvgIpc) is 3.91. The topological polar surface area (TPSA) is 77.8 Å². The van der Waals surface area contributed by atoms with Crippen molar-refractivity contribution in [2.24, 2.45) is 0 Å². The lowest BCUT2D eigenvalue weighted by Gasteiger charge is -2.10. The Balaban J connectivity index is 1.16. The fourth-order valence-electron chi connectivity index (χ4n) is 7.20. The standard InChI is InChI=1S/C44H24N4O2S/c1-3-10-26(11-4-1)41-46-42(48-43(47-41)30-15-9-17-36-37(30)29-14-7-8-16-35(29)51-36)28-19-18-25-20-22-33-38(31(25)24-28)39-34(49-33)23-21-32-40(39)50-44(45-32)27-12-5-2-6-13-27/h1-24H. The Morgan fingerprint density at radius 1 is 0.431 bits per heavy atom. The summed E-state index contributed by atoms with van der Waals surface area (Å²) in [5.74, 6) is 2.43. The highest BCUT2D eigenvalue weighted by Crippen LogP contribution is 2.42. The van der Waals surface area contributed by atoms with Crippen LogP contribution >= 0.6 is 11.3 Å². The molecule has 0 amide bonds. The van der Waals surface area contributed by atoms with E-state index in [2.05, 4.69) is 66.7 Å². The molecule has 0 saturated carbocycles. The fourth-order valence-corrected chi connectivity index (χ4v) is 8.33. The summed E-state index contributed by atoms with van der Waals surface area (Å²) in [6.45, 7) is 0. The first kappa shape index (κ1) is 28.2. The second-order valence-electron chi connectivity index (χ2n) is 12.6. The molecule has 0 aliphatic rings. The van der Waals surface area contributed by atoms with E-state index in [9.17, 15) is 0 Å². The zero-order chi connectivity index (χ0) is 33.5. The van der Waals surface area contributed by atoms with Gasteiger partial charge >= 0.3 is 0 Å². The number of fused-ring (bicyclic) bond motifs is 10. The highest BCUT2D eigenvalue weighted by Gasteiger charge is 2.20. The van der Waals surface area contributed by atoms with Crippen LogP contribution in [0.15, 0.2) is 154 Å². The number of nitrogens with zero attached hydrogens (tertiary/aromatic N) is 4. The number of furan rings is 1. The molecule has 11 aromatic rings. The van der Waals surface area contributed by atoms with Crippen LogP contribution in [0.25, 0.3) is 110 Å². The van der Waals surface area contributed by atoms with E-state index in [4.69, 9.17) is 28.8 Å². The van der Waals surface area contributed by atoms with Gasteiger partial charge in [-0.25, -0.2) is 19.9 Å². The number of aromatic nitrogens is 4. The van der Waals surface area contributed by atoms with Crippen molar-refractivity contribution in [1.82, 2.24) is 19.9 Å². The Hall–Kier alpha value is -6.70. The first-order chi connectivity index (χ1) is 25.2. The van der Waals surface area contributed by atoms with Gasteiger partial charge in [0.1, 0.15) is 16.7 Å². The van der Waals surface area contributed by atoms with Crippen LogP contribution in [0.1, 0.15) is 0 Å². The van der Waals surface area contributed by atoms with E-state index in [1.807, 2.05) is 78.9 Å². The van der Waals surface area contributed by atoms with Gasteiger partial charge in [-0.1, -0.05) is 97.1 Å². The summed E-state index contributed by atoms with van der Waals surface area (Å²) < 4.78 is 15.3. The smallest absolute Gasteiger partial charge is 0.227 e. The summed E-state index contributed by atoms with van der Waals surface area (Å²) in [7, 11) is 0. The van der Waals surface area contributed by atoms with E-state index in [0.29, 0.717) is 28.9 Å². The maximum absolute atomic E-state index is 6.48. The van der Waals surface area contributed by atoms with Crippen LogP contribution in [0.4, 0.5) is 0 Å². The predicted octanol–water partition coefficient (Wildman–Crippen LogP) is 12.1. The monoisotopic (exact) mass is 672 g/mol. The molecule has 6 nitrogen and oxygen atoms in total. The first-order valence-corrected chi connectivity index (χ1v) is 17.5. The number of rotatable bonds is 4. The molecule has 7 aromatic carbocycles. The normalized spacial score (nSPS) is 11.9. The summed E-state index contributed by atoms with van der Waals surface area (Å²) in [6, 6.07) is 49.4. The molecule has 51 heavy (non-hydrogen) atoms. The number of hydrogen-bond acceptors (Lipinski definition) is 7. The second-order valence-corrected chi connectivity index (χ2v) is 13.7. The maximum Gasteiger partial charge on any atom is 0.227 e. The Labute approximate surface area is 294 Å². The van der Waals surface area contributed by atoms with E-state index < -0.39 is 0 Å². The molecule has 4 aromatic heterocycles. The van der Waals surface area contributed by atoms with E-state index in [0.717, 1.165) is 65.9 Å². The van der Waals surface area contributed by atoms with Gasteiger partial charge in [0.15, 0.2) is 23.1 Å². The Kier molecular flexibility index (Phi) is 6.02. The van der Waals surface area contributed by atoms with Gasteiger partial charge in [-0.2, -0.15) is 0 Å². The van der Waals surface area contributed by atoms with E-state index in [1.54, 1.807) is 11.3 Å². The lowest BCUT2D eigenvalue weighted by Crippen LogP contribution is -2.00. The lowest BCUT2D eigenvalue weighted by atomic mass is 10.0. The zero-order valence-corrected chi connectivity index (χ0v) is 27.7. The molecule has 0 unspecified atom stereocenters. The van der Waals surface area contributed by atoms with Crippen molar-refractivity contribution >= 4 is 75.3 Å². The van der Waals surface area contributed by atoms with Crippen molar-refractivity contribution in [1.29, 1.82) is 0 Å². The van der Waals surface area contributed by atoms with Crippen molar-refractivity contribution in [3.8, 4) is 45.6 Å².